The third-order valence-electron chi connectivity index (χ3n) is 2.45. The lowest BCUT2D eigenvalue weighted by Gasteiger charge is -2.22. The van der Waals surface area contributed by atoms with Crippen molar-refractivity contribution in [3.05, 3.63) is 35.9 Å². The monoisotopic (exact) mass is 192 g/mol. The molecule has 0 N–H and O–H groups in total. The maximum absolute atomic E-state index is 5.74. The Labute approximate surface area is 84.8 Å². The molecule has 1 aromatic rings. The van der Waals surface area contributed by atoms with E-state index < -0.39 is 0 Å². The summed E-state index contributed by atoms with van der Waals surface area (Å²) in [5, 5.41) is 0. The summed E-state index contributed by atoms with van der Waals surface area (Å²) in [6.45, 7) is 2.35. The minimum Gasteiger partial charge on any atom is -0.379 e. The van der Waals surface area contributed by atoms with Crippen LogP contribution in [0.5, 0.6) is 0 Å². The molecule has 2 rings (SSSR count). The van der Waals surface area contributed by atoms with Crippen LogP contribution in [0, 0.1) is 0 Å². The van der Waals surface area contributed by atoms with Gasteiger partial charge in [0, 0.05) is 6.61 Å². The van der Waals surface area contributed by atoms with E-state index in [1.165, 1.54) is 5.56 Å². The largest absolute Gasteiger partial charge is 0.379 e. The molecule has 1 unspecified atom stereocenters. The number of rotatable bonds is 3. The molecule has 0 saturated carbocycles. The molecule has 0 bridgehead atoms. The molecule has 1 heterocycles. The molecule has 0 aliphatic carbocycles. The van der Waals surface area contributed by atoms with Gasteiger partial charge in [-0.3, -0.25) is 0 Å². The molecule has 1 atom stereocenters. The van der Waals surface area contributed by atoms with Gasteiger partial charge in [0.15, 0.2) is 0 Å². The zero-order valence-electron chi connectivity index (χ0n) is 8.32. The van der Waals surface area contributed by atoms with Crippen molar-refractivity contribution in [1.29, 1.82) is 0 Å². The summed E-state index contributed by atoms with van der Waals surface area (Å²) < 4.78 is 11.1. The van der Waals surface area contributed by atoms with Gasteiger partial charge >= 0.3 is 0 Å². The molecule has 76 valence electrons. The maximum atomic E-state index is 5.74. The first kappa shape index (κ1) is 9.69. The van der Waals surface area contributed by atoms with E-state index in [1.54, 1.807) is 0 Å². The maximum Gasteiger partial charge on any atom is 0.0813 e. The molecule has 1 fully saturated rings. The molecule has 0 amide bonds. The molecule has 14 heavy (non-hydrogen) atoms. The van der Waals surface area contributed by atoms with Gasteiger partial charge in [-0.15, -0.1) is 0 Å². The van der Waals surface area contributed by atoms with Crippen LogP contribution in [-0.4, -0.2) is 19.3 Å². The zero-order chi connectivity index (χ0) is 9.64. The molecule has 0 radical (unpaired) electrons. The van der Waals surface area contributed by atoms with Crippen LogP contribution in [-0.2, 0) is 16.1 Å². The summed E-state index contributed by atoms with van der Waals surface area (Å²) in [7, 11) is 0. The average Bonchev–Trinajstić information content (AvgIpc) is 2.29. The van der Waals surface area contributed by atoms with Gasteiger partial charge in [0.25, 0.3) is 0 Å². The molecular formula is C12H16O2. The minimum absolute atomic E-state index is 0.295. The summed E-state index contributed by atoms with van der Waals surface area (Å²) in [5.41, 5.74) is 1.23. The number of hydrogen-bond donors (Lipinski definition) is 0. The van der Waals surface area contributed by atoms with Crippen molar-refractivity contribution in [2.75, 3.05) is 13.2 Å². The molecule has 1 aliphatic heterocycles. The van der Waals surface area contributed by atoms with Crippen molar-refractivity contribution in [1.82, 2.24) is 0 Å². The van der Waals surface area contributed by atoms with Crippen LogP contribution in [0.2, 0.25) is 0 Å². The highest BCUT2D eigenvalue weighted by Gasteiger charge is 2.13. The van der Waals surface area contributed by atoms with Crippen molar-refractivity contribution in [2.45, 2.75) is 25.6 Å². The summed E-state index contributed by atoms with van der Waals surface area (Å²) in [6, 6.07) is 10.3. The third-order valence-corrected chi connectivity index (χ3v) is 2.45. The van der Waals surface area contributed by atoms with Gasteiger partial charge in [-0.25, -0.2) is 0 Å². The smallest absolute Gasteiger partial charge is 0.0813 e. The standard InChI is InChI=1S/C12H16O2/c1-2-5-11(6-3-1)9-14-12-7-4-8-13-10-12/h1-3,5-6,12H,4,7-10H2. The Kier molecular flexibility index (Phi) is 3.55. The van der Waals surface area contributed by atoms with Gasteiger partial charge in [0.1, 0.15) is 0 Å². The summed E-state index contributed by atoms with van der Waals surface area (Å²) >= 11 is 0. The third kappa shape index (κ3) is 2.82. The number of ether oxygens (including phenoxy) is 2. The van der Waals surface area contributed by atoms with Gasteiger partial charge in [0.05, 0.1) is 19.3 Å². The van der Waals surface area contributed by atoms with Crippen LogP contribution in [0.4, 0.5) is 0 Å². The first-order valence-corrected chi connectivity index (χ1v) is 5.18. The van der Waals surface area contributed by atoms with E-state index in [4.69, 9.17) is 9.47 Å². The Morgan fingerprint density at radius 2 is 2.14 bits per heavy atom. The first-order chi connectivity index (χ1) is 6.95. The van der Waals surface area contributed by atoms with E-state index in [2.05, 4.69) is 12.1 Å². The van der Waals surface area contributed by atoms with E-state index in [9.17, 15) is 0 Å². The second-order valence-corrected chi connectivity index (χ2v) is 3.64. The minimum atomic E-state index is 0.295. The Morgan fingerprint density at radius 1 is 1.29 bits per heavy atom. The fourth-order valence-corrected chi connectivity index (χ4v) is 1.63. The molecule has 1 aromatic carbocycles. The predicted molar refractivity (Wildman–Crippen MR) is 55.1 cm³/mol. The predicted octanol–water partition coefficient (Wildman–Crippen LogP) is 2.38. The fourth-order valence-electron chi connectivity index (χ4n) is 1.63. The lowest BCUT2D eigenvalue weighted by Crippen LogP contribution is -2.25. The van der Waals surface area contributed by atoms with E-state index in [1.807, 2.05) is 18.2 Å². The Balaban J connectivity index is 1.76. The normalized spacial score (nSPS) is 22.1. The second-order valence-electron chi connectivity index (χ2n) is 3.64. The Bertz CT molecular complexity index is 252. The highest BCUT2D eigenvalue weighted by atomic mass is 16.5. The molecule has 2 nitrogen and oxygen atoms in total. The number of benzene rings is 1. The zero-order valence-corrected chi connectivity index (χ0v) is 8.32. The molecule has 0 spiro atoms. The SMILES string of the molecule is c1ccc(COC2CCCOC2)cc1. The van der Waals surface area contributed by atoms with Gasteiger partial charge in [-0.2, -0.15) is 0 Å². The van der Waals surface area contributed by atoms with E-state index in [0.717, 1.165) is 26.1 Å². The molecule has 2 heteroatoms. The quantitative estimate of drug-likeness (QED) is 0.732. The molecule has 1 saturated heterocycles. The molecule has 1 aliphatic rings. The van der Waals surface area contributed by atoms with Crippen LogP contribution in [0.25, 0.3) is 0 Å². The van der Waals surface area contributed by atoms with Crippen molar-refractivity contribution >= 4 is 0 Å². The van der Waals surface area contributed by atoms with E-state index in [0.29, 0.717) is 12.7 Å². The average molecular weight is 192 g/mol. The highest BCUT2D eigenvalue weighted by molar-refractivity contribution is 5.13. The lowest BCUT2D eigenvalue weighted by molar-refractivity contribution is -0.0568. The van der Waals surface area contributed by atoms with Crippen LogP contribution >= 0.6 is 0 Å². The Morgan fingerprint density at radius 3 is 2.86 bits per heavy atom. The second kappa shape index (κ2) is 5.13. The number of hydrogen-bond acceptors (Lipinski definition) is 2. The van der Waals surface area contributed by atoms with Crippen LogP contribution in [0.3, 0.4) is 0 Å². The summed E-state index contributed by atoms with van der Waals surface area (Å²) in [6.07, 6.45) is 2.55. The Hall–Kier alpha value is -0.860. The van der Waals surface area contributed by atoms with Crippen molar-refractivity contribution in [2.24, 2.45) is 0 Å². The van der Waals surface area contributed by atoms with Crippen LogP contribution in [0.15, 0.2) is 30.3 Å². The van der Waals surface area contributed by atoms with Gasteiger partial charge in [0.2, 0.25) is 0 Å². The van der Waals surface area contributed by atoms with Crippen molar-refractivity contribution in [3.63, 3.8) is 0 Å². The van der Waals surface area contributed by atoms with Crippen LogP contribution < -0.4 is 0 Å². The molecule has 0 aromatic heterocycles. The molecular weight excluding hydrogens is 176 g/mol. The summed E-state index contributed by atoms with van der Waals surface area (Å²) in [5.74, 6) is 0. The topological polar surface area (TPSA) is 18.5 Å². The van der Waals surface area contributed by atoms with E-state index >= 15 is 0 Å². The first-order valence-electron chi connectivity index (χ1n) is 5.18. The van der Waals surface area contributed by atoms with Crippen molar-refractivity contribution in [3.8, 4) is 0 Å². The van der Waals surface area contributed by atoms with Crippen molar-refractivity contribution < 1.29 is 9.47 Å². The highest BCUT2D eigenvalue weighted by Crippen LogP contribution is 2.12. The van der Waals surface area contributed by atoms with E-state index in [-0.39, 0.29) is 0 Å². The van der Waals surface area contributed by atoms with Gasteiger partial charge < -0.3 is 9.47 Å². The van der Waals surface area contributed by atoms with Gasteiger partial charge in [-0.05, 0) is 18.4 Å². The van der Waals surface area contributed by atoms with Crippen LogP contribution in [0.1, 0.15) is 18.4 Å². The fraction of sp³-hybridized carbons (Fsp3) is 0.500. The summed E-state index contributed by atoms with van der Waals surface area (Å²) in [4.78, 5) is 0. The van der Waals surface area contributed by atoms with Gasteiger partial charge in [-0.1, -0.05) is 30.3 Å². The lowest BCUT2D eigenvalue weighted by atomic mass is 10.2.